The Hall–Kier alpha value is -3.74. The van der Waals surface area contributed by atoms with E-state index in [1.807, 2.05) is 42.5 Å². The van der Waals surface area contributed by atoms with Crippen molar-refractivity contribution in [2.75, 3.05) is 49.8 Å². The fourth-order valence-corrected chi connectivity index (χ4v) is 4.32. The fourth-order valence-electron chi connectivity index (χ4n) is 4.32. The summed E-state index contributed by atoms with van der Waals surface area (Å²) in [5, 5.41) is 0. The number of rotatable bonds is 13. The molecule has 0 bridgehead atoms. The normalized spacial score (nSPS) is 10.5. The van der Waals surface area contributed by atoms with Crippen molar-refractivity contribution in [1.82, 2.24) is 0 Å². The molecule has 0 heterocycles. The van der Waals surface area contributed by atoms with E-state index >= 15 is 0 Å². The van der Waals surface area contributed by atoms with Crippen LogP contribution in [0.3, 0.4) is 0 Å². The maximum atomic E-state index is 5.89. The minimum Gasteiger partial charge on any atom is -0.497 e. The largest absolute Gasteiger partial charge is 0.497 e. The highest BCUT2D eigenvalue weighted by Gasteiger charge is 2.16. The smallest absolute Gasteiger partial charge is 0.203 e. The standard InChI is InChI=1S/C29H36O7/c1-30-23-12-19(13-24(18-23)31-2)8-10-21-16-25(32-3)17-22(28(21)35-6)11-9-20-14-26(33-4)29(36-7)27(15-20)34-5/h12-18H,8-11H2,1-7H3. The second kappa shape index (κ2) is 12.8. The SMILES string of the molecule is COc1cc(CCc2cc(OC)cc(CCc3cc(OC)c(OC)c(OC)c3)c2OC)cc(OC)c1. The molecule has 0 amide bonds. The average Bonchev–Trinajstić information content (AvgIpc) is 2.93. The van der Waals surface area contributed by atoms with Gasteiger partial charge in [0.05, 0.1) is 49.8 Å². The number of benzene rings is 3. The van der Waals surface area contributed by atoms with E-state index in [9.17, 15) is 0 Å². The molecule has 0 saturated carbocycles. The maximum absolute atomic E-state index is 5.89. The van der Waals surface area contributed by atoms with Gasteiger partial charge in [0.15, 0.2) is 11.5 Å². The molecule has 3 aromatic rings. The first-order valence-electron chi connectivity index (χ1n) is 11.7. The van der Waals surface area contributed by atoms with Crippen molar-refractivity contribution in [2.45, 2.75) is 25.7 Å². The first-order chi connectivity index (χ1) is 17.5. The molecular weight excluding hydrogens is 460 g/mol. The zero-order valence-corrected chi connectivity index (χ0v) is 22.2. The summed E-state index contributed by atoms with van der Waals surface area (Å²) in [6, 6.07) is 14.0. The molecule has 7 heteroatoms. The molecule has 0 fully saturated rings. The van der Waals surface area contributed by atoms with Crippen LogP contribution in [0.5, 0.6) is 40.2 Å². The van der Waals surface area contributed by atoms with Gasteiger partial charge < -0.3 is 33.2 Å². The van der Waals surface area contributed by atoms with Gasteiger partial charge in [-0.1, -0.05) is 0 Å². The zero-order chi connectivity index (χ0) is 26.1. The molecule has 7 nitrogen and oxygen atoms in total. The fraction of sp³-hybridized carbons (Fsp3) is 0.379. The topological polar surface area (TPSA) is 64.6 Å². The van der Waals surface area contributed by atoms with Gasteiger partial charge in [0.1, 0.15) is 23.0 Å². The number of aryl methyl sites for hydroxylation is 4. The molecule has 0 aliphatic carbocycles. The third-order valence-electron chi connectivity index (χ3n) is 6.16. The van der Waals surface area contributed by atoms with Crippen molar-refractivity contribution in [2.24, 2.45) is 0 Å². The van der Waals surface area contributed by atoms with Gasteiger partial charge in [-0.25, -0.2) is 0 Å². The van der Waals surface area contributed by atoms with E-state index in [-0.39, 0.29) is 0 Å². The van der Waals surface area contributed by atoms with E-state index in [0.717, 1.165) is 70.9 Å². The maximum Gasteiger partial charge on any atom is 0.203 e. The first kappa shape index (κ1) is 26.9. The minimum atomic E-state index is 0.583. The van der Waals surface area contributed by atoms with Crippen LogP contribution in [0.1, 0.15) is 22.3 Å². The highest BCUT2D eigenvalue weighted by molar-refractivity contribution is 5.54. The molecule has 0 spiro atoms. The van der Waals surface area contributed by atoms with Gasteiger partial charge in [-0.2, -0.15) is 0 Å². The van der Waals surface area contributed by atoms with Crippen molar-refractivity contribution in [3.63, 3.8) is 0 Å². The molecule has 0 radical (unpaired) electrons. The van der Waals surface area contributed by atoms with Crippen molar-refractivity contribution >= 4 is 0 Å². The van der Waals surface area contributed by atoms with Crippen LogP contribution >= 0.6 is 0 Å². The van der Waals surface area contributed by atoms with Crippen LogP contribution < -0.4 is 33.2 Å². The van der Waals surface area contributed by atoms with E-state index < -0.39 is 0 Å². The Kier molecular flexibility index (Phi) is 9.56. The van der Waals surface area contributed by atoms with Crippen molar-refractivity contribution in [3.8, 4) is 40.2 Å². The third-order valence-corrected chi connectivity index (χ3v) is 6.16. The Bertz CT molecular complexity index is 1110. The zero-order valence-electron chi connectivity index (χ0n) is 22.2. The molecule has 0 atom stereocenters. The van der Waals surface area contributed by atoms with Gasteiger partial charge in [0, 0.05) is 6.07 Å². The van der Waals surface area contributed by atoms with Crippen LogP contribution in [0.4, 0.5) is 0 Å². The van der Waals surface area contributed by atoms with E-state index in [1.165, 1.54) is 0 Å². The second-order valence-corrected chi connectivity index (χ2v) is 8.23. The van der Waals surface area contributed by atoms with Gasteiger partial charge in [-0.05, 0) is 84.3 Å². The monoisotopic (exact) mass is 496 g/mol. The van der Waals surface area contributed by atoms with Crippen LogP contribution in [-0.4, -0.2) is 49.8 Å². The van der Waals surface area contributed by atoms with Gasteiger partial charge in [-0.15, -0.1) is 0 Å². The number of hydrogen-bond donors (Lipinski definition) is 0. The quantitative estimate of drug-likeness (QED) is 0.317. The molecule has 0 aliphatic heterocycles. The van der Waals surface area contributed by atoms with Crippen LogP contribution in [0, 0.1) is 0 Å². The first-order valence-corrected chi connectivity index (χ1v) is 11.7. The Morgan fingerprint density at radius 3 is 1.19 bits per heavy atom. The molecule has 0 aliphatic rings. The lowest BCUT2D eigenvalue weighted by atomic mass is 9.96. The number of ether oxygens (including phenoxy) is 7. The molecular formula is C29H36O7. The van der Waals surface area contributed by atoms with Crippen LogP contribution in [0.15, 0.2) is 42.5 Å². The number of hydrogen-bond acceptors (Lipinski definition) is 7. The summed E-state index contributed by atoms with van der Waals surface area (Å²) >= 11 is 0. The molecule has 194 valence electrons. The van der Waals surface area contributed by atoms with Gasteiger partial charge >= 0.3 is 0 Å². The average molecular weight is 497 g/mol. The molecule has 3 aromatic carbocycles. The highest BCUT2D eigenvalue weighted by atomic mass is 16.5. The number of methoxy groups -OCH3 is 7. The predicted molar refractivity (Wildman–Crippen MR) is 140 cm³/mol. The van der Waals surface area contributed by atoms with E-state index in [4.69, 9.17) is 33.2 Å². The van der Waals surface area contributed by atoms with Crippen LogP contribution in [0.2, 0.25) is 0 Å². The van der Waals surface area contributed by atoms with Gasteiger partial charge in [0.2, 0.25) is 5.75 Å². The van der Waals surface area contributed by atoms with Crippen molar-refractivity contribution in [1.29, 1.82) is 0 Å². The van der Waals surface area contributed by atoms with E-state index in [0.29, 0.717) is 17.2 Å². The predicted octanol–water partition coefficient (Wildman–Crippen LogP) is 5.32. The lowest BCUT2D eigenvalue weighted by molar-refractivity contribution is 0.324. The second-order valence-electron chi connectivity index (χ2n) is 8.23. The molecule has 36 heavy (non-hydrogen) atoms. The van der Waals surface area contributed by atoms with E-state index in [1.54, 1.807) is 49.8 Å². The summed E-state index contributed by atoms with van der Waals surface area (Å²) in [7, 11) is 11.6. The summed E-state index contributed by atoms with van der Waals surface area (Å²) in [5.41, 5.74) is 4.34. The molecule has 0 aromatic heterocycles. The van der Waals surface area contributed by atoms with Crippen molar-refractivity contribution < 1.29 is 33.2 Å². The van der Waals surface area contributed by atoms with Crippen LogP contribution in [-0.2, 0) is 25.7 Å². The molecule has 0 N–H and O–H groups in total. The van der Waals surface area contributed by atoms with E-state index in [2.05, 4.69) is 0 Å². The summed E-state index contributed by atoms with van der Waals surface area (Å²) < 4.78 is 38.8. The lowest BCUT2D eigenvalue weighted by Gasteiger charge is -2.17. The molecule has 0 unspecified atom stereocenters. The minimum absolute atomic E-state index is 0.583. The molecule has 0 saturated heterocycles. The third kappa shape index (κ3) is 6.27. The summed E-state index contributed by atoms with van der Waals surface area (Å²) in [4.78, 5) is 0. The summed E-state index contributed by atoms with van der Waals surface area (Å²) in [6.45, 7) is 0. The Balaban J connectivity index is 1.87. The summed E-state index contributed by atoms with van der Waals surface area (Å²) in [5.74, 6) is 5.07. The van der Waals surface area contributed by atoms with Crippen molar-refractivity contribution in [3.05, 3.63) is 64.7 Å². The Labute approximate surface area is 213 Å². The Morgan fingerprint density at radius 1 is 0.389 bits per heavy atom. The van der Waals surface area contributed by atoms with Gasteiger partial charge in [-0.3, -0.25) is 0 Å². The van der Waals surface area contributed by atoms with Gasteiger partial charge in [0.25, 0.3) is 0 Å². The van der Waals surface area contributed by atoms with Crippen LogP contribution in [0.25, 0.3) is 0 Å². The molecule has 3 rings (SSSR count). The highest BCUT2D eigenvalue weighted by Crippen LogP contribution is 2.39. The Morgan fingerprint density at radius 2 is 0.806 bits per heavy atom. The lowest BCUT2D eigenvalue weighted by Crippen LogP contribution is -2.03. The summed E-state index contributed by atoms with van der Waals surface area (Å²) in [6.07, 6.45) is 3.07.